The molecule has 4 heteroatoms. The van der Waals surface area contributed by atoms with Gasteiger partial charge in [0.05, 0.1) is 4.90 Å². The Labute approximate surface area is 118 Å². The van der Waals surface area contributed by atoms with Gasteiger partial charge in [0.25, 0.3) is 0 Å². The monoisotopic (exact) mass is 286 g/mol. The van der Waals surface area contributed by atoms with Crippen LogP contribution in [-0.2, 0) is 9.84 Å². The molecule has 0 N–H and O–H groups in total. The molecule has 0 spiro atoms. The lowest BCUT2D eigenvalue weighted by Crippen LogP contribution is -2.28. The highest BCUT2D eigenvalue weighted by molar-refractivity contribution is 7.93. The molecule has 0 saturated heterocycles. The van der Waals surface area contributed by atoms with Gasteiger partial charge in [-0.3, -0.25) is 4.79 Å². The molecule has 0 bridgehead atoms. The second kappa shape index (κ2) is 5.84. The van der Waals surface area contributed by atoms with E-state index >= 15 is 0 Å². The van der Waals surface area contributed by atoms with Crippen LogP contribution >= 0.6 is 0 Å². The quantitative estimate of drug-likeness (QED) is 0.627. The molecular weight excluding hydrogens is 272 g/mol. The molecule has 2 aromatic rings. The van der Waals surface area contributed by atoms with Gasteiger partial charge in [-0.25, -0.2) is 8.42 Å². The zero-order valence-corrected chi connectivity index (χ0v) is 11.6. The Morgan fingerprint density at radius 1 is 0.950 bits per heavy atom. The third-order valence-corrected chi connectivity index (χ3v) is 4.94. The summed E-state index contributed by atoms with van der Waals surface area (Å²) < 4.78 is 25.0. The van der Waals surface area contributed by atoms with Crippen LogP contribution in [0, 0.1) is 0 Å². The van der Waals surface area contributed by atoms with Crippen molar-refractivity contribution in [3.63, 3.8) is 0 Å². The molecule has 0 aliphatic carbocycles. The van der Waals surface area contributed by atoms with Gasteiger partial charge in [0, 0.05) is 5.56 Å². The van der Waals surface area contributed by atoms with Gasteiger partial charge in [0.2, 0.25) is 0 Å². The first-order valence-electron chi connectivity index (χ1n) is 6.08. The molecule has 102 valence electrons. The molecule has 0 heterocycles. The van der Waals surface area contributed by atoms with Crippen LogP contribution in [0.4, 0.5) is 0 Å². The van der Waals surface area contributed by atoms with Crippen LogP contribution in [0.2, 0.25) is 0 Å². The largest absolute Gasteiger partial charge is 0.292 e. The zero-order valence-electron chi connectivity index (χ0n) is 10.8. The average molecular weight is 286 g/mol. The molecule has 2 aromatic carbocycles. The maximum absolute atomic E-state index is 12.5. The number of sulfone groups is 1. The molecule has 0 amide bonds. The standard InChI is InChI=1S/C16H14O3S/c1-2-15(16(17)13-9-5-3-6-10-13)20(18,19)14-11-7-4-8-12-14/h2-12,15H,1H2. The van der Waals surface area contributed by atoms with Crippen LogP contribution in [0.5, 0.6) is 0 Å². The lowest BCUT2D eigenvalue weighted by molar-refractivity contribution is 0.0999. The second-order valence-corrected chi connectivity index (χ2v) is 6.31. The predicted molar refractivity (Wildman–Crippen MR) is 78.4 cm³/mol. The van der Waals surface area contributed by atoms with Gasteiger partial charge in [-0.05, 0) is 12.1 Å². The van der Waals surface area contributed by atoms with E-state index in [-0.39, 0.29) is 4.90 Å². The van der Waals surface area contributed by atoms with E-state index in [0.29, 0.717) is 5.56 Å². The summed E-state index contributed by atoms with van der Waals surface area (Å²) >= 11 is 0. The van der Waals surface area contributed by atoms with E-state index in [0.717, 1.165) is 0 Å². The third kappa shape index (κ3) is 2.70. The van der Waals surface area contributed by atoms with Gasteiger partial charge < -0.3 is 0 Å². The van der Waals surface area contributed by atoms with E-state index < -0.39 is 20.9 Å². The molecule has 0 fully saturated rings. The van der Waals surface area contributed by atoms with Crippen LogP contribution in [0.25, 0.3) is 0 Å². The molecule has 20 heavy (non-hydrogen) atoms. The summed E-state index contributed by atoms with van der Waals surface area (Å²) in [5.41, 5.74) is 0.358. The second-order valence-electron chi connectivity index (χ2n) is 4.24. The van der Waals surface area contributed by atoms with Gasteiger partial charge >= 0.3 is 0 Å². The van der Waals surface area contributed by atoms with Gasteiger partial charge in [-0.1, -0.05) is 54.6 Å². The molecule has 1 atom stereocenters. The van der Waals surface area contributed by atoms with Gasteiger partial charge in [-0.15, -0.1) is 6.58 Å². The number of hydrogen-bond donors (Lipinski definition) is 0. The number of carbonyl (C=O) groups is 1. The summed E-state index contributed by atoms with van der Waals surface area (Å²) in [5, 5.41) is -1.27. The SMILES string of the molecule is C=CC(C(=O)c1ccccc1)S(=O)(=O)c1ccccc1. The fourth-order valence-electron chi connectivity index (χ4n) is 1.90. The lowest BCUT2D eigenvalue weighted by Gasteiger charge is -2.13. The summed E-state index contributed by atoms with van der Waals surface area (Å²) in [6, 6.07) is 16.3. The van der Waals surface area contributed by atoms with Crippen LogP contribution in [-0.4, -0.2) is 19.5 Å². The molecule has 2 rings (SSSR count). The minimum Gasteiger partial charge on any atom is -0.292 e. The van der Waals surface area contributed by atoms with Crippen molar-refractivity contribution >= 4 is 15.6 Å². The Balaban J connectivity index is 2.43. The first kappa shape index (κ1) is 14.2. The molecular formula is C16H14O3S. The summed E-state index contributed by atoms with van der Waals surface area (Å²) in [4.78, 5) is 12.5. The highest BCUT2D eigenvalue weighted by Crippen LogP contribution is 2.20. The Bertz CT molecular complexity index is 704. The van der Waals surface area contributed by atoms with E-state index in [2.05, 4.69) is 6.58 Å². The fraction of sp³-hybridized carbons (Fsp3) is 0.0625. The van der Waals surface area contributed by atoms with Crippen molar-refractivity contribution in [3.8, 4) is 0 Å². The van der Waals surface area contributed by atoms with Gasteiger partial charge in [0.15, 0.2) is 15.6 Å². The van der Waals surface area contributed by atoms with E-state index in [9.17, 15) is 13.2 Å². The first-order valence-corrected chi connectivity index (χ1v) is 7.63. The maximum atomic E-state index is 12.5. The maximum Gasteiger partial charge on any atom is 0.192 e. The fourth-order valence-corrected chi connectivity index (χ4v) is 3.40. The van der Waals surface area contributed by atoms with Crippen LogP contribution in [0.15, 0.2) is 78.2 Å². The molecule has 3 nitrogen and oxygen atoms in total. The Hall–Kier alpha value is -2.20. The molecule has 0 saturated carbocycles. The Kier molecular flexibility index (Phi) is 4.15. The molecule has 0 aliphatic rings. The van der Waals surface area contributed by atoms with Gasteiger partial charge in [-0.2, -0.15) is 0 Å². The van der Waals surface area contributed by atoms with Crippen molar-refractivity contribution in [1.29, 1.82) is 0 Å². The van der Waals surface area contributed by atoms with Crippen molar-refractivity contribution in [2.45, 2.75) is 10.1 Å². The van der Waals surface area contributed by atoms with E-state index in [1.165, 1.54) is 18.2 Å². The van der Waals surface area contributed by atoms with Crippen molar-refractivity contribution < 1.29 is 13.2 Å². The predicted octanol–water partition coefficient (Wildman–Crippen LogP) is 2.90. The molecule has 0 radical (unpaired) electrons. The van der Waals surface area contributed by atoms with Crippen molar-refractivity contribution in [3.05, 3.63) is 78.9 Å². The molecule has 0 aliphatic heterocycles. The normalized spacial score (nSPS) is 12.6. The van der Waals surface area contributed by atoms with Crippen LogP contribution in [0.3, 0.4) is 0 Å². The summed E-state index contributed by atoms with van der Waals surface area (Å²) in [5.74, 6) is -0.468. The van der Waals surface area contributed by atoms with Gasteiger partial charge in [0.1, 0.15) is 5.25 Å². The Morgan fingerprint density at radius 2 is 1.45 bits per heavy atom. The smallest absolute Gasteiger partial charge is 0.192 e. The average Bonchev–Trinajstić information content (AvgIpc) is 2.49. The summed E-state index contributed by atoms with van der Waals surface area (Å²) in [6.07, 6.45) is 1.18. The highest BCUT2D eigenvalue weighted by Gasteiger charge is 2.31. The van der Waals surface area contributed by atoms with Crippen LogP contribution in [0.1, 0.15) is 10.4 Å². The number of benzene rings is 2. The first-order chi connectivity index (χ1) is 9.57. The molecule has 0 aromatic heterocycles. The zero-order chi connectivity index (χ0) is 14.6. The summed E-state index contributed by atoms with van der Waals surface area (Å²) in [6.45, 7) is 3.50. The highest BCUT2D eigenvalue weighted by atomic mass is 32.2. The summed E-state index contributed by atoms with van der Waals surface area (Å²) in [7, 11) is -3.77. The minimum atomic E-state index is -3.77. The van der Waals surface area contributed by atoms with E-state index in [1.807, 2.05) is 0 Å². The minimum absolute atomic E-state index is 0.120. The number of hydrogen-bond acceptors (Lipinski definition) is 3. The van der Waals surface area contributed by atoms with Crippen LogP contribution < -0.4 is 0 Å². The topological polar surface area (TPSA) is 51.2 Å². The third-order valence-electron chi connectivity index (χ3n) is 2.94. The number of rotatable bonds is 5. The van der Waals surface area contributed by atoms with E-state index in [4.69, 9.17) is 0 Å². The molecule has 1 unspecified atom stereocenters. The van der Waals surface area contributed by atoms with Crippen molar-refractivity contribution in [2.75, 3.05) is 0 Å². The Morgan fingerprint density at radius 3 is 1.95 bits per heavy atom. The number of carbonyl (C=O) groups excluding carboxylic acids is 1. The number of Topliss-reactive ketones (excluding diaryl/α,β-unsaturated/α-hetero) is 1. The van der Waals surface area contributed by atoms with Crippen molar-refractivity contribution in [2.24, 2.45) is 0 Å². The van der Waals surface area contributed by atoms with E-state index in [1.54, 1.807) is 48.5 Å². The van der Waals surface area contributed by atoms with Crippen molar-refractivity contribution in [1.82, 2.24) is 0 Å². The number of ketones is 1. The lowest BCUT2D eigenvalue weighted by atomic mass is 10.1.